The van der Waals surface area contributed by atoms with Crippen LogP contribution in [0.3, 0.4) is 0 Å². The maximum absolute atomic E-state index is 12.5. The normalized spacial score (nSPS) is 12.2. The van der Waals surface area contributed by atoms with Crippen LogP contribution < -0.4 is 5.32 Å². The number of nitrogens with zero attached hydrogens (tertiary/aromatic N) is 4. The first-order valence-corrected chi connectivity index (χ1v) is 9.34. The van der Waals surface area contributed by atoms with Gasteiger partial charge in [0.05, 0.1) is 10.9 Å². The molecule has 1 heterocycles. The second-order valence-corrected chi connectivity index (χ2v) is 7.54. The van der Waals surface area contributed by atoms with Gasteiger partial charge in [-0.2, -0.15) is 4.68 Å². The number of thioether (sulfide) groups is 1. The smallest absolute Gasteiger partial charge is 0.237 e. The van der Waals surface area contributed by atoms with Crippen LogP contribution in [-0.4, -0.2) is 31.4 Å². The molecule has 6 nitrogen and oxygen atoms in total. The summed E-state index contributed by atoms with van der Waals surface area (Å²) in [6.07, 6.45) is 0. The number of benzene rings is 2. The van der Waals surface area contributed by atoms with Gasteiger partial charge in [0.2, 0.25) is 11.1 Å². The van der Waals surface area contributed by atoms with Crippen LogP contribution in [0.15, 0.2) is 59.8 Å². The van der Waals surface area contributed by atoms with Gasteiger partial charge in [0.25, 0.3) is 0 Å². The van der Waals surface area contributed by atoms with E-state index in [4.69, 9.17) is 0 Å². The van der Waals surface area contributed by atoms with Crippen molar-refractivity contribution in [2.75, 3.05) is 5.32 Å². The highest BCUT2D eigenvalue weighted by Crippen LogP contribution is 2.24. The van der Waals surface area contributed by atoms with E-state index in [9.17, 15) is 4.79 Å². The number of hydrogen-bond donors (Lipinski definition) is 1. The van der Waals surface area contributed by atoms with E-state index in [2.05, 4.69) is 34.7 Å². The molecule has 1 atom stereocenters. The fourth-order valence-electron chi connectivity index (χ4n) is 2.39. The number of carbonyl (C=O) groups is 1. The van der Waals surface area contributed by atoms with Crippen molar-refractivity contribution in [3.05, 3.63) is 60.2 Å². The molecule has 0 saturated carbocycles. The molecule has 0 bridgehead atoms. The lowest BCUT2D eigenvalue weighted by Crippen LogP contribution is -2.22. The van der Waals surface area contributed by atoms with E-state index in [1.54, 1.807) is 4.68 Å². The molecule has 1 amide bonds. The summed E-state index contributed by atoms with van der Waals surface area (Å²) in [4.78, 5) is 12.5. The van der Waals surface area contributed by atoms with Crippen molar-refractivity contribution >= 4 is 23.4 Å². The van der Waals surface area contributed by atoms with Gasteiger partial charge < -0.3 is 5.32 Å². The van der Waals surface area contributed by atoms with Gasteiger partial charge in [-0.25, -0.2) is 0 Å². The average Bonchev–Trinajstić information content (AvgIpc) is 3.11. The zero-order valence-corrected chi connectivity index (χ0v) is 15.8. The molecule has 0 aliphatic heterocycles. The molecule has 0 fully saturated rings. The standard InChI is InChI=1S/C19H21N5OS/c1-13(2)15-9-11-16(12-10-15)20-18(25)14(3)26-19-21-22-23-24(19)17-7-5-4-6-8-17/h4-14H,1-3H3,(H,20,25). The number of amides is 1. The van der Waals surface area contributed by atoms with Crippen LogP contribution in [0.4, 0.5) is 5.69 Å². The first kappa shape index (κ1) is 18.1. The third kappa shape index (κ3) is 4.29. The lowest BCUT2D eigenvalue weighted by Gasteiger charge is -2.12. The van der Waals surface area contributed by atoms with Crippen LogP contribution in [0, 0.1) is 0 Å². The molecule has 7 heteroatoms. The van der Waals surface area contributed by atoms with E-state index >= 15 is 0 Å². The number of nitrogens with one attached hydrogen (secondary N) is 1. The maximum atomic E-state index is 12.5. The van der Waals surface area contributed by atoms with Crippen LogP contribution in [0.1, 0.15) is 32.3 Å². The quantitative estimate of drug-likeness (QED) is 0.669. The molecule has 1 aromatic heterocycles. The summed E-state index contributed by atoms with van der Waals surface area (Å²) in [6.45, 7) is 6.12. The van der Waals surface area contributed by atoms with Gasteiger partial charge in [-0.1, -0.05) is 55.9 Å². The summed E-state index contributed by atoms with van der Waals surface area (Å²) in [6, 6.07) is 17.5. The second kappa shape index (κ2) is 8.14. The summed E-state index contributed by atoms with van der Waals surface area (Å²) in [5.74, 6) is 0.376. The van der Waals surface area contributed by atoms with Gasteiger partial charge in [0.1, 0.15) is 0 Å². The van der Waals surface area contributed by atoms with Crippen molar-refractivity contribution in [3.63, 3.8) is 0 Å². The lowest BCUT2D eigenvalue weighted by molar-refractivity contribution is -0.115. The van der Waals surface area contributed by atoms with Crippen molar-refractivity contribution in [1.82, 2.24) is 20.2 Å². The molecule has 3 rings (SSSR count). The fraction of sp³-hybridized carbons (Fsp3) is 0.263. The number of anilines is 1. The minimum Gasteiger partial charge on any atom is -0.325 e. The van der Waals surface area contributed by atoms with Gasteiger partial charge >= 0.3 is 0 Å². The Morgan fingerprint density at radius 2 is 1.73 bits per heavy atom. The number of tetrazole rings is 1. The Morgan fingerprint density at radius 3 is 2.38 bits per heavy atom. The first-order valence-electron chi connectivity index (χ1n) is 8.46. The topological polar surface area (TPSA) is 72.7 Å². The minimum absolute atomic E-state index is 0.0880. The Kier molecular flexibility index (Phi) is 5.68. The number of aromatic nitrogens is 4. The highest BCUT2D eigenvalue weighted by atomic mass is 32.2. The predicted molar refractivity (Wildman–Crippen MR) is 104 cm³/mol. The Labute approximate surface area is 157 Å². The van der Waals surface area contributed by atoms with Crippen LogP contribution in [0.2, 0.25) is 0 Å². The third-order valence-corrected chi connectivity index (χ3v) is 4.97. The van der Waals surface area contributed by atoms with Gasteiger partial charge in [0, 0.05) is 5.69 Å². The molecule has 26 heavy (non-hydrogen) atoms. The molecule has 0 spiro atoms. The molecule has 134 valence electrons. The molecule has 2 aromatic carbocycles. The van der Waals surface area contributed by atoms with Crippen molar-refractivity contribution in [2.24, 2.45) is 0 Å². The average molecular weight is 367 g/mol. The van der Waals surface area contributed by atoms with Crippen molar-refractivity contribution in [2.45, 2.75) is 37.1 Å². The molecule has 0 aliphatic rings. The molecule has 1 N–H and O–H groups in total. The van der Waals surface area contributed by atoms with E-state index in [0.29, 0.717) is 11.1 Å². The summed E-state index contributed by atoms with van der Waals surface area (Å²) < 4.78 is 1.63. The molecule has 0 aliphatic carbocycles. The zero-order chi connectivity index (χ0) is 18.5. The van der Waals surface area contributed by atoms with Gasteiger partial charge in [0.15, 0.2) is 0 Å². The molecule has 1 unspecified atom stereocenters. The molecule has 0 radical (unpaired) electrons. The summed E-state index contributed by atoms with van der Waals surface area (Å²) in [7, 11) is 0. The minimum atomic E-state index is -0.340. The number of carbonyl (C=O) groups excluding carboxylic acids is 1. The highest BCUT2D eigenvalue weighted by molar-refractivity contribution is 8.00. The number of hydrogen-bond acceptors (Lipinski definition) is 5. The first-order chi connectivity index (χ1) is 12.5. The Balaban J connectivity index is 1.66. The lowest BCUT2D eigenvalue weighted by atomic mass is 10.0. The van der Waals surface area contributed by atoms with E-state index in [1.165, 1.54) is 17.3 Å². The van der Waals surface area contributed by atoms with Crippen LogP contribution in [0.5, 0.6) is 0 Å². The monoisotopic (exact) mass is 367 g/mol. The Morgan fingerprint density at radius 1 is 1.04 bits per heavy atom. The number of rotatable bonds is 6. The van der Waals surface area contributed by atoms with Crippen molar-refractivity contribution < 1.29 is 4.79 Å². The van der Waals surface area contributed by atoms with Gasteiger partial charge in [-0.15, -0.1) is 5.10 Å². The fourth-order valence-corrected chi connectivity index (χ4v) is 3.20. The van der Waals surface area contributed by atoms with Gasteiger partial charge in [-0.05, 0) is 53.1 Å². The van der Waals surface area contributed by atoms with Crippen molar-refractivity contribution in [3.8, 4) is 5.69 Å². The van der Waals surface area contributed by atoms with Crippen LogP contribution in [-0.2, 0) is 4.79 Å². The molecular weight excluding hydrogens is 346 g/mol. The van der Waals surface area contributed by atoms with E-state index in [0.717, 1.165) is 11.4 Å². The van der Waals surface area contributed by atoms with Crippen LogP contribution in [0.25, 0.3) is 5.69 Å². The number of para-hydroxylation sites is 1. The Hall–Kier alpha value is -2.67. The molecule has 3 aromatic rings. The summed E-state index contributed by atoms with van der Waals surface area (Å²) >= 11 is 1.32. The van der Waals surface area contributed by atoms with Crippen LogP contribution >= 0.6 is 11.8 Å². The van der Waals surface area contributed by atoms with E-state index < -0.39 is 0 Å². The third-order valence-electron chi connectivity index (χ3n) is 3.94. The molecular formula is C19H21N5OS. The van der Waals surface area contributed by atoms with E-state index in [-0.39, 0.29) is 11.2 Å². The van der Waals surface area contributed by atoms with Gasteiger partial charge in [-0.3, -0.25) is 4.79 Å². The largest absolute Gasteiger partial charge is 0.325 e. The maximum Gasteiger partial charge on any atom is 0.237 e. The Bertz CT molecular complexity index is 861. The summed E-state index contributed by atoms with van der Waals surface area (Å²) in [5, 5.41) is 15.0. The van der Waals surface area contributed by atoms with E-state index in [1.807, 2.05) is 61.5 Å². The second-order valence-electron chi connectivity index (χ2n) is 6.23. The zero-order valence-electron chi connectivity index (χ0n) is 15.0. The highest BCUT2D eigenvalue weighted by Gasteiger charge is 2.19. The molecule has 0 saturated heterocycles. The summed E-state index contributed by atoms with van der Waals surface area (Å²) in [5.41, 5.74) is 2.89. The predicted octanol–water partition coefficient (Wildman–Crippen LogP) is 3.91. The SMILES string of the molecule is CC(Sc1nnnn1-c1ccccc1)C(=O)Nc1ccc(C(C)C)cc1. The van der Waals surface area contributed by atoms with Crippen molar-refractivity contribution in [1.29, 1.82) is 0 Å².